The highest BCUT2D eigenvalue weighted by Gasteiger charge is 2.34. The number of rotatable bonds is 36. The molecule has 0 heterocycles. The molecule has 7 aromatic rings. The van der Waals surface area contributed by atoms with E-state index in [1.165, 1.54) is 101 Å². The number of unbranched alkanes of at least 4 members (excludes halogenated alkanes) is 18. The molecule has 4 unspecified atom stereocenters. The molecule has 7 rings (SSSR count). The van der Waals surface area contributed by atoms with E-state index in [9.17, 15) is 19.6 Å². The average molecular weight is 1140 g/mol. The maximum absolute atomic E-state index is 11.5. The predicted octanol–water partition coefficient (Wildman–Crippen LogP) is 21.7. The Kier molecular flexibility index (Phi) is 27.2. The van der Waals surface area contributed by atoms with E-state index in [4.69, 9.17) is 9.05 Å². The highest BCUT2D eigenvalue weighted by atomic mass is 31.2. The molecule has 0 aliphatic heterocycles. The van der Waals surface area contributed by atoms with Crippen LogP contribution in [0.1, 0.15) is 249 Å². The summed E-state index contributed by atoms with van der Waals surface area (Å²) < 4.78 is 13.5. The molecular weight excluding hydrogens is 1050 g/mol. The molecule has 0 amide bonds. The fourth-order valence-corrected chi connectivity index (χ4v) is 13.1. The van der Waals surface area contributed by atoms with Gasteiger partial charge in [0.1, 0.15) is 11.5 Å². The van der Waals surface area contributed by atoms with Crippen LogP contribution >= 0.6 is 17.2 Å². The van der Waals surface area contributed by atoms with Crippen molar-refractivity contribution < 1.29 is 28.6 Å². The fraction of sp³-hybridized carbons (Fsp3) is 0.432. The van der Waals surface area contributed by atoms with Crippen molar-refractivity contribution in [1.29, 1.82) is 0 Å². The summed E-state index contributed by atoms with van der Waals surface area (Å²) in [5, 5.41) is 0. The van der Waals surface area contributed by atoms with Gasteiger partial charge in [-0.05, 0) is 81.3 Å². The summed E-state index contributed by atoms with van der Waals surface area (Å²) in [7, 11) is -5.86. The molecule has 0 aromatic heterocycles. The molecule has 438 valence electrons. The van der Waals surface area contributed by atoms with E-state index in [2.05, 4.69) is 199 Å². The van der Waals surface area contributed by atoms with Gasteiger partial charge < -0.3 is 28.6 Å². The third-order valence-electron chi connectivity index (χ3n) is 17.3. The Balaban J connectivity index is 1.53. The Morgan fingerprint density at radius 3 is 0.866 bits per heavy atom. The molecule has 8 heteroatoms. The average Bonchev–Trinajstić information content (AvgIpc) is 1.72. The lowest BCUT2D eigenvalue weighted by Crippen LogP contribution is -2.11. The van der Waals surface area contributed by atoms with E-state index in [0.717, 1.165) is 94.2 Å². The first-order valence-electron chi connectivity index (χ1n) is 31.4. The van der Waals surface area contributed by atoms with Crippen molar-refractivity contribution >= 4 is 17.2 Å². The molecule has 0 saturated heterocycles. The van der Waals surface area contributed by atoms with Crippen LogP contribution in [0.2, 0.25) is 0 Å². The van der Waals surface area contributed by atoms with Crippen LogP contribution in [0.4, 0.5) is 0 Å². The third kappa shape index (κ3) is 18.4. The van der Waals surface area contributed by atoms with E-state index in [0.29, 0.717) is 35.5 Å². The fourth-order valence-electron chi connectivity index (χ4n) is 12.4. The quantitative estimate of drug-likeness (QED) is 0.0231. The van der Waals surface area contributed by atoms with Crippen LogP contribution in [0, 0.1) is 0 Å². The Morgan fingerprint density at radius 2 is 0.585 bits per heavy atom. The van der Waals surface area contributed by atoms with Crippen molar-refractivity contribution in [1.82, 2.24) is 0 Å². The number of hydrogen-bond acceptors (Lipinski definition) is 6. The van der Waals surface area contributed by atoms with Gasteiger partial charge in [-0.3, -0.25) is 0 Å². The lowest BCUT2D eigenvalue weighted by Gasteiger charge is -2.31. The van der Waals surface area contributed by atoms with Crippen molar-refractivity contribution in [3.8, 4) is 33.8 Å². The molecule has 0 spiro atoms. The molecule has 4 N–H and O–H groups in total. The normalized spacial score (nSPS) is 13.1. The van der Waals surface area contributed by atoms with Crippen LogP contribution in [-0.4, -0.2) is 19.6 Å². The summed E-state index contributed by atoms with van der Waals surface area (Å²) in [4.78, 5) is 45.9. The minimum atomic E-state index is -2.93. The molecular formula is C74H96O6P2. The molecule has 0 aliphatic carbocycles. The van der Waals surface area contributed by atoms with E-state index in [1.807, 2.05) is 0 Å². The van der Waals surface area contributed by atoms with Crippen LogP contribution in [0.25, 0.3) is 22.3 Å². The maximum Gasteiger partial charge on any atom is 0.391 e. The zero-order valence-electron chi connectivity index (χ0n) is 50.4. The molecule has 0 radical (unpaired) electrons. The van der Waals surface area contributed by atoms with Gasteiger partial charge in [-0.15, -0.1) is 0 Å². The molecule has 7 aromatic carbocycles. The zero-order valence-corrected chi connectivity index (χ0v) is 52.2. The number of hydrogen-bond donors (Lipinski definition) is 4. The first kappa shape index (κ1) is 64.4. The standard InChI is InChI=1S/C74H96O6P2/c1-7-9-11-13-15-17-19-21-23-37-47-67-68(48-38-24-22-20-18-16-14-12-10-8-2)74(80-82(77)78)72(66-52-50-64(56(4)60-41-31-26-32-42-60)54-70(66)58(6)62-45-35-28-36-46-62)71(73(67)79-81(75)76)65-51-49-63(55(3)59-39-29-25-30-40-59)53-69(65)57(5)61-43-33-27-34-44-61/h25-36,39-46,49-58,75-78H,7-24,37-38,47-48H2,1-6H3. The van der Waals surface area contributed by atoms with Gasteiger partial charge in [-0.1, -0.05) is 315 Å². The largest absolute Gasteiger partial charge is 0.426 e. The SMILES string of the molecule is CCCCCCCCCCCCc1c(CCCCCCCCCCCC)c(OP(O)O)c(-c2ccc(C(C)c3ccccc3)cc2C(C)c2ccccc2)c(-c2ccc(C(C)c3ccccc3)cc2C(C)c2ccccc2)c1OP(O)O. The van der Waals surface area contributed by atoms with Crippen LogP contribution in [-0.2, 0) is 12.8 Å². The summed E-state index contributed by atoms with van der Waals surface area (Å²) in [6.07, 6.45) is 24.7. The maximum atomic E-state index is 11.5. The highest BCUT2D eigenvalue weighted by Crippen LogP contribution is 2.57. The van der Waals surface area contributed by atoms with Gasteiger partial charge in [0.05, 0.1) is 0 Å². The van der Waals surface area contributed by atoms with Gasteiger partial charge in [-0.25, -0.2) is 0 Å². The van der Waals surface area contributed by atoms with Crippen LogP contribution in [0.3, 0.4) is 0 Å². The van der Waals surface area contributed by atoms with Gasteiger partial charge >= 0.3 is 17.2 Å². The predicted molar refractivity (Wildman–Crippen MR) is 348 cm³/mol. The van der Waals surface area contributed by atoms with Crippen molar-refractivity contribution in [2.45, 2.75) is 206 Å². The second kappa shape index (κ2) is 34.6. The number of benzene rings is 7. The minimum absolute atomic E-state index is 0.0638. The van der Waals surface area contributed by atoms with E-state index >= 15 is 0 Å². The smallest absolute Gasteiger partial charge is 0.391 e. The van der Waals surface area contributed by atoms with Crippen molar-refractivity contribution in [2.75, 3.05) is 0 Å². The molecule has 82 heavy (non-hydrogen) atoms. The molecule has 4 atom stereocenters. The van der Waals surface area contributed by atoms with Crippen LogP contribution in [0.5, 0.6) is 11.5 Å². The zero-order chi connectivity index (χ0) is 58.1. The summed E-state index contributed by atoms with van der Waals surface area (Å²) in [5.74, 6) is 0.734. The topological polar surface area (TPSA) is 99.4 Å². The third-order valence-corrected chi connectivity index (χ3v) is 18.0. The molecule has 0 fully saturated rings. The summed E-state index contributed by atoms with van der Waals surface area (Å²) in [5.41, 5.74) is 13.8. The van der Waals surface area contributed by atoms with Crippen LogP contribution < -0.4 is 9.05 Å². The Morgan fingerprint density at radius 1 is 0.317 bits per heavy atom. The van der Waals surface area contributed by atoms with Crippen LogP contribution in [0.15, 0.2) is 158 Å². The van der Waals surface area contributed by atoms with Crippen molar-refractivity contribution in [3.63, 3.8) is 0 Å². The van der Waals surface area contributed by atoms with Gasteiger partial charge in [0.15, 0.2) is 0 Å². The van der Waals surface area contributed by atoms with Gasteiger partial charge in [0.2, 0.25) is 0 Å². The minimum Gasteiger partial charge on any atom is -0.426 e. The van der Waals surface area contributed by atoms with Gasteiger partial charge in [0, 0.05) is 45.9 Å². The molecule has 6 nitrogen and oxygen atoms in total. The van der Waals surface area contributed by atoms with E-state index < -0.39 is 17.2 Å². The summed E-state index contributed by atoms with van der Waals surface area (Å²) in [6, 6.07) is 55.9. The molecule has 0 saturated carbocycles. The van der Waals surface area contributed by atoms with E-state index in [-0.39, 0.29) is 23.7 Å². The second-order valence-corrected chi connectivity index (χ2v) is 24.5. The van der Waals surface area contributed by atoms with Crippen molar-refractivity contribution in [2.24, 2.45) is 0 Å². The second-order valence-electron chi connectivity index (χ2n) is 23.1. The van der Waals surface area contributed by atoms with Gasteiger partial charge in [0.25, 0.3) is 0 Å². The monoisotopic (exact) mass is 1140 g/mol. The molecule has 0 aliphatic rings. The lowest BCUT2D eigenvalue weighted by atomic mass is 9.77. The summed E-state index contributed by atoms with van der Waals surface area (Å²) >= 11 is 0. The van der Waals surface area contributed by atoms with Gasteiger partial charge in [-0.2, -0.15) is 0 Å². The molecule has 0 bridgehead atoms. The van der Waals surface area contributed by atoms with Crippen molar-refractivity contribution in [3.05, 3.63) is 213 Å². The first-order chi connectivity index (χ1) is 40.0. The first-order valence-corrected chi connectivity index (χ1v) is 33.8. The lowest BCUT2D eigenvalue weighted by molar-refractivity contribution is 0.366. The Labute approximate surface area is 496 Å². The highest BCUT2D eigenvalue weighted by molar-refractivity contribution is 7.40. The Bertz CT molecular complexity index is 2730. The Hall–Kier alpha value is -5.16. The van der Waals surface area contributed by atoms with E-state index in [1.54, 1.807) is 0 Å². The summed E-state index contributed by atoms with van der Waals surface area (Å²) in [6.45, 7) is 13.5.